The van der Waals surface area contributed by atoms with Gasteiger partial charge in [-0.3, -0.25) is 15.0 Å². The third-order valence-corrected chi connectivity index (χ3v) is 5.45. The highest BCUT2D eigenvalue weighted by Crippen LogP contribution is 2.38. The summed E-state index contributed by atoms with van der Waals surface area (Å²) in [5.41, 5.74) is 1.25. The molecule has 2 N–H and O–H groups in total. The average molecular weight is 378 g/mol. The maximum absolute atomic E-state index is 13.1. The number of nitrogens with one attached hydrogen (secondary N) is 2. The van der Waals surface area contributed by atoms with Gasteiger partial charge in [0.2, 0.25) is 0 Å². The largest absolute Gasteiger partial charge is 0.366 e. The summed E-state index contributed by atoms with van der Waals surface area (Å²) >= 11 is 0. The van der Waals surface area contributed by atoms with Crippen LogP contribution in [-0.4, -0.2) is 47.1 Å². The summed E-state index contributed by atoms with van der Waals surface area (Å²) < 4.78 is 0. The van der Waals surface area contributed by atoms with E-state index >= 15 is 0 Å². The number of hydrogen-bond acceptors (Lipinski definition) is 5. The molecule has 0 spiro atoms. The highest BCUT2D eigenvalue weighted by atomic mass is 16.2. The van der Waals surface area contributed by atoms with Gasteiger partial charge in [0.1, 0.15) is 11.5 Å². The summed E-state index contributed by atoms with van der Waals surface area (Å²) in [6.45, 7) is 1.71. The number of pyridine rings is 2. The minimum atomic E-state index is -0.265. The van der Waals surface area contributed by atoms with Gasteiger partial charge in [-0.25, -0.2) is 14.8 Å². The first-order chi connectivity index (χ1) is 13.7. The third-order valence-electron chi connectivity index (χ3n) is 5.45. The number of amides is 3. The topological polar surface area (TPSA) is 90.5 Å². The van der Waals surface area contributed by atoms with Gasteiger partial charge in [-0.1, -0.05) is 6.07 Å². The molecule has 1 saturated carbocycles. The monoisotopic (exact) mass is 378 g/mol. The number of rotatable bonds is 3. The Morgan fingerprint density at radius 3 is 2.79 bits per heavy atom. The third kappa shape index (κ3) is 3.15. The molecule has 1 saturated heterocycles. The number of anilines is 3. The zero-order valence-corrected chi connectivity index (χ0v) is 15.5. The molecule has 8 heteroatoms. The first-order valence-electron chi connectivity index (χ1n) is 9.77. The van der Waals surface area contributed by atoms with E-state index in [1.54, 1.807) is 29.3 Å². The molecular formula is C20H22N6O2. The van der Waals surface area contributed by atoms with Crippen molar-refractivity contribution in [3.63, 3.8) is 0 Å². The highest BCUT2D eigenvalue weighted by molar-refractivity contribution is 6.04. The second-order valence-electron chi connectivity index (χ2n) is 7.54. The fourth-order valence-electron chi connectivity index (χ4n) is 3.90. The zero-order chi connectivity index (χ0) is 19.1. The van der Waals surface area contributed by atoms with Gasteiger partial charge in [0.15, 0.2) is 5.82 Å². The van der Waals surface area contributed by atoms with Crippen molar-refractivity contribution in [1.29, 1.82) is 0 Å². The van der Waals surface area contributed by atoms with Gasteiger partial charge in [-0.05, 0) is 49.9 Å². The predicted octanol–water partition coefficient (Wildman–Crippen LogP) is 2.39. The van der Waals surface area contributed by atoms with Crippen LogP contribution in [0.25, 0.3) is 0 Å². The molecule has 2 fully saturated rings. The molecule has 8 nitrogen and oxygen atoms in total. The number of aromatic nitrogens is 2. The lowest BCUT2D eigenvalue weighted by Gasteiger charge is -2.45. The molecule has 0 radical (unpaired) electrons. The number of urea groups is 1. The van der Waals surface area contributed by atoms with Crippen LogP contribution < -0.4 is 20.4 Å². The molecule has 2 aliphatic heterocycles. The summed E-state index contributed by atoms with van der Waals surface area (Å²) in [5.74, 6) is 0.865. The Morgan fingerprint density at radius 2 is 2.00 bits per heavy atom. The van der Waals surface area contributed by atoms with Gasteiger partial charge in [-0.15, -0.1) is 0 Å². The summed E-state index contributed by atoms with van der Waals surface area (Å²) in [6.07, 6.45) is 5.60. The maximum atomic E-state index is 13.1. The van der Waals surface area contributed by atoms with Crippen molar-refractivity contribution in [3.05, 3.63) is 42.2 Å². The van der Waals surface area contributed by atoms with E-state index in [0.717, 1.165) is 44.5 Å². The van der Waals surface area contributed by atoms with Crippen molar-refractivity contribution >= 4 is 29.3 Å². The fourth-order valence-corrected chi connectivity index (χ4v) is 3.90. The van der Waals surface area contributed by atoms with E-state index in [1.165, 1.54) is 0 Å². The van der Waals surface area contributed by atoms with E-state index < -0.39 is 0 Å². The van der Waals surface area contributed by atoms with Crippen molar-refractivity contribution in [2.24, 2.45) is 0 Å². The van der Waals surface area contributed by atoms with Crippen LogP contribution in [0, 0.1) is 0 Å². The van der Waals surface area contributed by atoms with Crippen molar-refractivity contribution in [3.8, 4) is 0 Å². The summed E-state index contributed by atoms with van der Waals surface area (Å²) in [7, 11) is 0. The molecule has 2 aromatic heterocycles. The Bertz CT molecular complexity index is 914. The predicted molar refractivity (Wildman–Crippen MR) is 106 cm³/mol. The molecule has 0 aromatic carbocycles. The van der Waals surface area contributed by atoms with Crippen LogP contribution in [0.1, 0.15) is 36.2 Å². The smallest absolute Gasteiger partial charge is 0.329 e. The van der Waals surface area contributed by atoms with E-state index in [4.69, 9.17) is 0 Å². The Balaban J connectivity index is 1.48. The number of piperidine rings is 1. The van der Waals surface area contributed by atoms with Crippen molar-refractivity contribution < 1.29 is 9.59 Å². The van der Waals surface area contributed by atoms with Crippen LogP contribution >= 0.6 is 0 Å². The Morgan fingerprint density at radius 1 is 1.11 bits per heavy atom. The molecule has 5 rings (SSSR count). The van der Waals surface area contributed by atoms with Crippen LogP contribution in [-0.2, 0) is 0 Å². The van der Waals surface area contributed by atoms with E-state index in [0.29, 0.717) is 17.3 Å². The van der Waals surface area contributed by atoms with Gasteiger partial charge in [0.05, 0.1) is 11.7 Å². The Labute approximate surface area is 163 Å². The number of fused-ring (bicyclic) bond motifs is 4. The molecule has 2 aromatic rings. The Kier molecular flexibility index (Phi) is 4.11. The van der Waals surface area contributed by atoms with Crippen molar-refractivity contribution in [2.75, 3.05) is 28.2 Å². The number of nitrogens with zero attached hydrogens (tertiary/aromatic N) is 4. The first kappa shape index (κ1) is 17.0. The lowest BCUT2D eigenvalue weighted by atomic mass is 10.00. The lowest BCUT2D eigenvalue weighted by Crippen LogP contribution is -2.56. The molecule has 28 heavy (non-hydrogen) atoms. The lowest BCUT2D eigenvalue weighted by molar-refractivity contribution is 0.0946. The van der Waals surface area contributed by atoms with Gasteiger partial charge < -0.3 is 10.2 Å². The molecule has 0 unspecified atom stereocenters. The van der Waals surface area contributed by atoms with Crippen LogP contribution in [0.15, 0.2) is 36.5 Å². The quantitative estimate of drug-likeness (QED) is 0.856. The molecule has 1 atom stereocenters. The van der Waals surface area contributed by atoms with E-state index in [1.807, 2.05) is 12.1 Å². The molecule has 2 bridgehead atoms. The standard InChI is InChI=1S/C20H22N6O2/c27-19(22-13-6-7-13)15-8-9-16-18(23-15)26(14-4-3-11-25(16)12-14)20(28)24-17-5-1-2-10-21-17/h1-2,5,8-10,13-14H,3-4,6-7,11-12H2,(H,22,27)(H,21,24,28)/t14-/m0/s1. The summed E-state index contributed by atoms with van der Waals surface area (Å²) in [5, 5.41) is 5.83. The van der Waals surface area contributed by atoms with Crippen LogP contribution in [0.2, 0.25) is 0 Å². The molecule has 1 aliphatic carbocycles. The fraction of sp³-hybridized carbons (Fsp3) is 0.400. The minimum absolute atomic E-state index is 0.0270. The highest BCUT2D eigenvalue weighted by Gasteiger charge is 2.39. The van der Waals surface area contributed by atoms with Crippen molar-refractivity contribution in [1.82, 2.24) is 15.3 Å². The number of carbonyl (C=O) groups excluding carboxylic acids is 2. The molecule has 144 valence electrons. The molecule has 3 aliphatic rings. The average Bonchev–Trinajstić information content (AvgIpc) is 3.52. The normalized spacial score (nSPS) is 20.4. The van der Waals surface area contributed by atoms with E-state index in [9.17, 15) is 9.59 Å². The van der Waals surface area contributed by atoms with Crippen molar-refractivity contribution in [2.45, 2.75) is 37.8 Å². The number of carbonyl (C=O) groups is 2. The molecular weight excluding hydrogens is 356 g/mol. The SMILES string of the molecule is O=C(NC1CC1)c1ccc2c(n1)N(C(=O)Nc1ccccn1)[C@H]1CCCN2C1. The molecule has 4 heterocycles. The minimum Gasteiger partial charge on any atom is -0.366 e. The van der Waals surface area contributed by atoms with Gasteiger partial charge in [-0.2, -0.15) is 0 Å². The second kappa shape index (κ2) is 6.78. The number of hydrogen-bond donors (Lipinski definition) is 2. The van der Waals surface area contributed by atoms with E-state index in [-0.39, 0.29) is 24.0 Å². The van der Waals surface area contributed by atoms with Gasteiger partial charge >= 0.3 is 6.03 Å². The van der Waals surface area contributed by atoms with Gasteiger partial charge in [0.25, 0.3) is 5.91 Å². The van der Waals surface area contributed by atoms with Crippen LogP contribution in [0.3, 0.4) is 0 Å². The van der Waals surface area contributed by atoms with Crippen LogP contribution in [0.4, 0.5) is 22.1 Å². The summed E-state index contributed by atoms with van der Waals surface area (Å²) in [4.78, 5) is 38.3. The Hall–Kier alpha value is -3.16. The van der Waals surface area contributed by atoms with E-state index in [2.05, 4.69) is 25.5 Å². The van der Waals surface area contributed by atoms with Crippen LogP contribution in [0.5, 0.6) is 0 Å². The van der Waals surface area contributed by atoms with Gasteiger partial charge in [0, 0.05) is 25.3 Å². The second-order valence-corrected chi connectivity index (χ2v) is 7.54. The summed E-state index contributed by atoms with van der Waals surface area (Å²) in [6, 6.07) is 9.07. The maximum Gasteiger partial charge on any atom is 0.329 e. The zero-order valence-electron chi connectivity index (χ0n) is 15.5. The first-order valence-corrected chi connectivity index (χ1v) is 9.77. The molecule has 3 amide bonds.